The van der Waals surface area contributed by atoms with Crippen LogP contribution in [0.15, 0.2) is 68.4 Å². The van der Waals surface area contributed by atoms with E-state index in [1.165, 1.54) is 21.8 Å². The highest BCUT2D eigenvalue weighted by atomic mass is 32.2. The third-order valence-electron chi connectivity index (χ3n) is 6.67. The van der Waals surface area contributed by atoms with Crippen molar-refractivity contribution in [3.05, 3.63) is 85.9 Å². The zero-order chi connectivity index (χ0) is 27.9. The Bertz CT molecular complexity index is 1800. The molecule has 0 fully saturated rings. The van der Waals surface area contributed by atoms with E-state index < -0.39 is 35.3 Å². The Morgan fingerprint density at radius 2 is 1.87 bits per heavy atom. The van der Waals surface area contributed by atoms with Crippen LogP contribution in [0.25, 0.3) is 15.9 Å². The molecule has 12 heteroatoms. The number of hydrogen-bond acceptors (Lipinski definition) is 7. The van der Waals surface area contributed by atoms with Crippen LogP contribution in [0.5, 0.6) is 0 Å². The minimum atomic E-state index is -3.93. The number of fused-ring (bicyclic) bond motifs is 2. The Balaban J connectivity index is 1.54. The second kappa shape index (κ2) is 10.2. The van der Waals surface area contributed by atoms with Crippen molar-refractivity contribution < 1.29 is 17.9 Å². The van der Waals surface area contributed by atoms with Crippen molar-refractivity contribution >= 4 is 52.0 Å². The van der Waals surface area contributed by atoms with Crippen molar-refractivity contribution in [2.24, 2.45) is 0 Å². The SMILES string of the molecule is C[Si](C)(C)CCOC(=O)c1cccc2[nH]c(=O)n(-c3cc(S(=O)(=O)N4CCCc5ccccc54)cs3)c(=O)c12. The van der Waals surface area contributed by atoms with Crippen molar-refractivity contribution in [2.45, 2.75) is 43.4 Å². The number of carbonyl (C=O) groups is 1. The summed E-state index contributed by atoms with van der Waals surface area (Å²) in [6.07, 6.45) is 1.48. The minimum Gasteiger partial charge on any atom is -0.462 e. The van der Waals surface area contributed by atoms with Crippen LogP contribution < -0.4 is 15.6 Å². The van der Waals surface area contributed by atoms with Gasteiger partial charge in [-0.05, 0) is 48.7 Å². The number of para-hydroxylation sites is 1. The molecule has 9 nitrogen and oxygen atoms in total. The van der Waals surface area contributed by atoms with E-state index in [9.17, 15) is 22.8 Å². The minimum absolute atomic E-state index is 0.00959. The molecule has 0 aliphatic carbocycles. The van der Waals surface area contributed by atoms with Crippen molar-refractivity contribution in [1.29, 1.82) is 0 Å². The Morgan fingerprint density at radius 3 is 2.64 bits per heavy atom. The predicted molar refractivity (Wildman–Crippen MR) is 156 cm³/mol. The van der Waals surface area contributed by atoms with Gasteiger partial charge in [0.15, 0.2) is 0 Å². The molecule has 0 saturated heterocycles. The van der Waals surface area contributed by atoms with Gasteiger partial charge in [0, 0.05) is 20.0 Å². The highest BCUT2D eigenvalue weighted by Crippen LogP contribution is 2.33. The van der Waals surface area contributed by atoms with Crippen LogP contribution in [-0.2, 0) is 21.2 Å². The molecule has 1 N–H and O–H groups in total. The number of rotatable bonds is 7. The third-order valence-corrected chi connectivity index (χ3v) is 11.2. The van der Waals surface area contributed by atoms with Gasteiger partial charge in [-0.25, -0.2) is 22.6 Å². The number of aryl methyl sites for hydroxylation is 1. The zero-order valence-corrected chi connectivity index (χ0v) is 24.5. The normalized spacial score (nSPS) is 13.9. The number of aromatic nitrogens is 2. The summed E-state index contributed by atoms with van der Waals surface area (Å²) in [7, 11) is -5.37. The number of carbonyl (C=O) groups excluding carboxylic acids is 1. The second-order valence-corrected chi connectivity index (χ2v) is 19.0. The average Bonchev–Trinajstić information content (AvgIpc) is 3.38. The summed E-state index contributed by atoms with van der Waals surface area (Å²) in [6.45, 7) is 7.09. The summed E-state index contributed by atoms with van der Waals surface area (Å²) < 4.78 is 34.9. The summed E-state index contributed by atoms with van der Waals surface area (Å²) in [5.41, 5.74) is 0.387. The quantitative estimate of drug-likeness (QED) is 0.255. The van der Waals surface area contributed by atoms with Gasteiger partial charge < -0.3 is 9.72 Å². The van der Waals surface area contributed by atoms with E-state index in [0.717, 1.165) is 33.9 Å². The van der Waals surface area contributed by atoms with Gasteiger partial charge in [-0.3, -0.25) is 9.10 Å². The van der Waals surface area contributed by atoms with Crippen LogP contribution in [-0.4, -0.2) is 45.2 Å². The van der Waals surface area contributed by atoms with E-state index in [1.807, 2.05) is 12.1 Å². The van der Waals surface area contributed by atoms with Gasteiger partial charge in [0.05, 0.1) is 28.8 Å². The summed E-state index contributed by atoms with van der Waals surface area (Å²) >= 11 is 0.968. The highest BCUT2D eigenvalue weighted by Gasteiger charge is 2.30. The number of benzene rings is 2. The number of nitrogens with zero attached hydrogens (tertiary/aromatic N) is 2. The van der Waals surface area contributed by atoms with Gasteiger partial charge in [-0.2, -0.15) is 0 Å². The molecule has 0 saturated carbocycles. The molecule has 204 valence electrons. The van der Waals surface area contributed by atoms with E-state index in [2.05, 4.69) is 24.6 Å². The monoisotopic (exact) mass is 583 g/mol. The fraction of sp³-hybridized carbons (Fsp3) is 0.296. The largest absolute Gasteiger partial charge is 0.462 e. The molecule has 2 aromatic heterocycles. The van der Waals surface area contributed by atoms with Crippen molar-refractivity contribution in [3.8, 4) is 5.00 Å². The molecule has 1 aliphatic rings. The average molecular weight is 584 g/mol. The number of anilines is 1. The molecule has 2 aromatic carbocycles. The Morgan fingerprint density at radius 1 is 1.10 bits per heavy atom. The lowest BCUT2D eigenvalue weighted by Gasteiger charge is -2.30. The lowest BCUT2D eigenvalue weighted by molar-refractivity contribution is 0.0527. The fourth-order valence-corrected chi connectivity index (χ4v) is 8.11. The summed E-state index contributed by atoms with van der Waals surface area (Å²) in [6, 6.07) is 14.1. The van der Waals surface area contributed by atoms with Crippen molar-refractivity contribution in [1.82, 2.24) is 9.55 Å². The van der Waals surface area contributed by atoms with Gasteiger partial charge in [0.25, 0.3) is 15.6 Å². The van der Waals surface area contributed by atoms with Gasteiger partial charge in [0.1, 0.15) is 9.90 Å². The van der Waals surface area contributed by atoms with Crippen LogP contribution >= 0.6 is 11.3 Å². The standard InChI is InChI=1S/C27H29N3O6S2Si/c1-39(2,3)15-14-36-26(32)20-10-6-11-21-24(20)25(31)30(27(33)28-21)23-16-19(17-37-23)38(34,35)29-13-7-9-18-8-4-5-12-22(18)29/h4-6,8,10-12,16-17H,7,9,13-15H2,1-3H3,(H,28,33). The molecule has 0 unspecified atom stereocenters. The van der Waals surface area contributed by atoms with Crippen LogP contribution in [0.3, 0.4) is 0 Å². The molecular formula is C27H29N3O6S2Si. The molecule has 0 bridgehead atoms. The number of ether oxygens (including phenoxy) is 1. The number of esters is 1. The maximum Gasteiger partial charge on any atom is 0.339 e. The number of nitrogens with one attached hydrogen (secondary N) is 1. The number of thiophene rings is 1. The zero-order valence-electron chi connectivity index (χ0n) is 21.9. The van der Waals surface area contributed by atoms with Crippen molar-refractivity contribution in [3.63, 3.8) is 0 Å². The highest BCUT2D eigenvalue weighted by molar-refractivity contribution is 7.93. The number of sulfonamides is 1. The maximum atomic E-state index is 13.6. The predicted octanol–water partition coefficient (Wildman–Crippen LogP) is 4.38. The molecule has 3 heterocycles. The number of H-pyrrole nitrogens is 1. The van der Waals surface area contributed by atoms with Gasteiger partial charge >= 0.3 is 11.7 Å². The van der Waals surface area contributed by atoms with Gasteiger partial charge in [-0.15, -0.1) is 11.3 Å². The molecule has 39 heavy (non-hydrogen) atoms. The third kappa shape index (κ3) is 5.23. The summed E-state index contributed by atoms with van der Waals surface area (Å²) in [5.74, 6) is -0.646. The Hall–Kier alpha value is -3.48. The Kier molecular flexibility index (Phi) is 7.12. The van der Waals surface area contributed by atoms with Gasteiger partial charge in [0.2, 0.25) is 0 Å². The van der Waals surface area contributed by atoms with Crippen LogP contribution in [0, 0.1) is 0 Å². The molecule has 1 aliphatic heterocycles. The molecular weight excluding hydrogens is 555 g/mol. The topological polar surface area (TPSA) is 119 Å². The number of aromatic amines is 1. The van der Waals surface area contributed by atoms with Crippen LogP contribution in [0.2, 0.25) is 25.7 Å². The van der Waals surface area contributed by atoms with E-state index >= 15 is 0 Å². The smallest absolute Gasteiger partial charge is 0.339 e. The number of hydrogen-bond donors (Lipinski definition) is 1. The van der Waals surface area contributed by atoms with E-state index in [-0.39, 0.29) is 33.0 Å². The molecule has 4 aromatic rings. The van der Waals surface area contributed by atoms with E-state index in [1.54, 1.807) is 24.3 Å². The maximum absolute atomic E-state index is 13.6. The first-order chi connectivity index (χ1) is 18.5. The van der Waals surface area contributed by atoms with E-state index in [4.69, 9.17) is 4.74 Å². The van der Waals surface area contributed by atoms with Gasteiger partial charge in [-0.1, -0.05) is 43.9 Å². The lowest BCUT2D eigenvalue weighted by atomic mass is 10.0. The molecule has 0 radical (unpaired) electrons. The van der Waals surface area contributed by atoms with E-state index in [0.29, 0.717) is 18.7 Å². The Labute approximate surface area is 230 Å². The second-order valence-electron chi connectivity index (χ2n) is 10.7. The lowest BCUT2D eigenvalue weighted by Crippen LogP contribution is -2.35. The van der Waals surface area contributed by atoms with Crippen LogP contribution in [0.1, 0.15) is 22.3 Å². The molecule has 0 amide bonds. The first-order valence-corrected chi connectivity index (χ1v) is 18.6. The summed E-state index contributed by atoms with van der Waals surface area (Å²) in [5, 5.41) is 1.57. The molecule has 0 atom stereocenters. The summed E-state index contributed by atoms with van der Waals surface area (Å²) in [4.78, 5) is 42.2. The van der Waals surface area contributed by atoms with Crippen molar-refractivity contribution in [2.75, 3.05) is 17.5 Å². The fourth-order valence-electron chi connectivity index (χ4n) is 4.60. The first-order valence-electron chi connectivity index (χ1n) is 12.6. The molecule has 0 spiro atoms. The first kappa shape index (κ1) is 27.1. The molecule has 5 rings (SSSR count). The van der Waals surface area contributed by atoms with Crippen LogP contribution in [0.4, 0.5) is 5.69 Å².